The molecule has 2 N–H and O–H groups in total. The molecule has 0 spiro atoms. The van der Waals surface area contributed by atoms with Crippen LogP contribution in [0, 0.1) is 6.92 Å². The fourth-order valence-electron chi connectivity index (χ4n) is 2.17. The van der Waals surface area contributed by atoms with Crippen LogP contribution in [0.15, 0.2) is 46.9 Å². The molecule has 0 bridgehead atoms. The first-order valence-corrected chi connectivity index (χ1v) is 7.63. The van der Waals surface area contributed by atoms with Crippen molar-refractivity contribution in [3.63, 3.8) is 0 Å². The molecule has 2 aromatic carbocycles. The first kappa shape index (κ1) is 15.9. The molecule has 0 aliphatic rings. The Morgan fingerprint density at radius 1 is 1.10 bits per heavy atom. The molecule has 0 radical (unpaired) electrons. The third-order valence-corrected chi connectivity index (χ3v) is 3.72. The summed E-state index contributed by atoms with van der Waals surface area (Å²) in [6, 6.07) is 13.7. The van der Waals surface area contributed by atoms with E-state index in [1.54, 1.807) is 7.11 Å². The van der Waals surface area contributed by atoms with E-state index < -0.39 is 0 Å². The van der Waals surface area contributed by atoms with E-state index in [2.05, 4.69) is 15.9 Å². The van der Waals surface area contributed by atoms with E-state index in [4.69, 9.17) is 15.2 Å². The van der Waals surface area contributed by atoms with Crippen molar-refractivity contribution in [3.05, 3.63) is 58.1 Å². The molecule has 21 heavy (non-hydrogen) atoms. The van der Waals surface area contributed by atoms with Crippen LogP contribution in [0.5, 0.6) is 11.5 Å². The standard InChI is InChI=1S/C17H20BrNO2/c1-11-7-8-15(16(9-11)20-3)21-17(12(2)19)13-5-4-6-14(18)10-13/h4-10,12,17H,19H2,1-3H3. The van der Waals surface area contributed by atoms with E-state index >= 15 is 0 Å². The normalized spacial score (nSPS) is 13.6. The van der Waals surface area contributed by atoms with Gasteiger partial charge in [0.15, 0.2) is 11.5 Å². The van der Waals surface area contributed by atoms with Gasteiger partial charge in [-0.05, 0) is 49.2 Å². The van der Waals surface area contributed by atoms with Crippen LogP contribution >= 0.6 is 15.9 Å². The van der Waals surface area contributed by atoms with Crippen LogP contribution in [0.25, 0.3) is 0 Å². The molecular formula is C17H20BrNO2. The van der Waals surface area contributed by atoms with Gasteiger partial charge in [-0.15, -0.1) is 0 Å². The second-order valence-electron chi connectivity index (χ2n) is 5.11. The number of hydrogen-bond donors (Lipinski definition) is 1. The van der Waals surface area contributed by atoms with Crippen LogP contribution in [-0.2, 0) is 0 Å². The van der Waals surface area contributed by atoms with Gasteiger partial charge in [-0.1, -0.05) is 34.1 Å². The van der Waals surface area contributed by atoms with Gasteiger partial charge in [0.1, 0.15) is 6.10 Å². The molecule has 0 fully saturated rings. The Morgan fingerprint density at radius 3 is 2.48 bits per heavy atom. The predicted octanol–water partition coefficient (Wildman–Crippen LogP) is 4.23. The van der Waals surface area contributed by atoms with Crippen LogP contribution in [0.4, 0.5) is 0 Å². The minimum Gasteiger partial charge on any atom is -0.493 e. The molecular weight excluding hydrogens is 330 g/mol. The van der Waals surface area contributed by atoms with Crippen LogP contribution in [-0.4, -0.2) is 13.2 Å². The minimum atomic E-state index is -0.237. The Morgan fingerprint density at radius 2 is 1.86 bits per heavy atom. The van der Waals surface area contributed by atoms with Gasteiger partial charge in [-0.3, -0.25) is 0 Å². The summed E-state index contributed by atoms with van der Waals surface area (Å²) in [7, 11) is 1.64. The molecule has 0 saturated carbocycles. The quantitative estimate of drug-likeness (QED) is 0.878. The molecule has 0 aliphatic carbocycles. The first-order valence-electron chi connectivity index (χ1n) is 6.83. The predicted molar refractivity (Wildman–Crippen MR) is 88.9 cm³/mol. The van der Waals surface area contributed by atoms with Gasteiger partial charge in [-0.2, -0.15) is 0 Å². The maximum absolute atomic E-state index is 6.12. The summed E-state index contributed by atoms with van der Waals surface area (Å²) in [6.45, 7) is 3.95. The maximum atomic E-state index is 6.12. The summed E-state index contributed by atoms with van der Waals surface area (Å²) in [5.41, 5.74) is 8.26. The van der Waals surface area contributed by atoms with Gasteiger partial charge in [0.05, 0.1) is 7.11 Å². The number of halogens is 1. The van der Waals surface area contributed by atoms with E-state index in [0.717, 1.165) is 21.3 Å². The zero-order valence-corrected chi connectivity index (χ0v) is 14.1. The summed E-state index contributed by atoms with van der Waals surface area (Å²) in [5.74, 6) is 1.42. The number of methoxy groups -OCH3 is 1. The fourth-order valence-corrected chi connectivity index (χ4v) is 2.59. The lowest BCUT2D eigenvalue weighted by Crippen LogP contribution is -2.29. The van der Waals surface area contributed by atoms with E-state index in [9.17, 15) is 0 Å². The summed E-state index contributed by atoms with van der Waals surface area (Å²) in [5, 5.41) is 0. The summed E-state index contributed by atoms with van der Waals surface area (Å²) >= 11 is 3.48. The molecule has 3 nitrogen and oxygen atoms in total. The number of hydrogen-bond acceptors (Lipinski definition) is 3. The Bertz CT molecular complexity index is 613. The highest BCUT2D eigenvalue weighted by atomic mass is 79.9. The van der Waals surface area contributed by atoms with Crippen molar-refractivity contribution in [3.8, 4) is 11.5 Å². The molecule has 2 aromatic rings. The number of nitrogens with two attached hydrogens (primary N) is 1. The average Bonchev–Trinajstić information content (AvgIpc) is 2.45. The van der Waals surface area contributed by atoms with Crippen molar-refractivity contribution < 1.29 is 9.47 Å². The smallest absolute Gasteiger partial charge is 0.162 e. The molecule has 112 valence electrons. The minimum absolute atomic E-state index is 0.148. The van der Waals surface area contributed by atoms with Gasteiger partial charge in [0.25, 0.3) is 0 Å². The Balaban J connectivity index is 2.33. The molecule has 4 heteroatoms. The van der Waals surface area contributed by atoms with Crippen molar-refractivity contribution in [2.75, 3.05) is 7.11 Å². The first-order chi connectivity index (χ1) is 10.0. The van der Waals surface area contributed by atoms with E-state index in [-0.39, 0.29) is 12.1 Å². The number of aryl methyl sites for hydroxylation is 1. The Hall–Kier alpha value is -1.52. The maximum Gasteiger partial charge on any atom is 0.162 e. The van der Waals surface area contributed by atoms with Crippen molar-refractivity contribution >= 4 is 15.9 Å². The van der Waals surface area contributed by atoms with Gasteiger partial charge in [-0.25, -0.2) is 0 Å². The number of ether oxygens (including phenoxy) is 2. The van der Waals surface area contributed by atoms with Crippen molar-refractivity contribution in [1.82, 2.24) is 0 Å². The molecule has 0 amide bonds. The summed E-state index contributed by atoms with van der Waals surface area (Å²) in [4.78, 5) is 0. The molecule has 0 heterocycles. The van der Waals surface area contributed by atoms with E-state index in [0.29, 0.717) is 5.75 Å². The van der Waals surface area contributed by atoms with Crippen molar-refractivity contribution in [2.45, 2.75) is 26.0 Å². The fraction of sp³-hybridized carbons (Fsp3) is 0.294. The van der Waals surface area contributed by atoms with Crippen LogP contribution in [0.2, 0.25) is 0 Å². The zero-order valence-electron chi connectivity index (χ0n) is 12.5. The molecule has 2 unspecified atom stereocenters. The molecule has 2 rings (SSSR count). The molecule has 0 saturated heterocycles. The SMILES string of the molecule is COc1cc(C)ccc1OC(c1cccc(Br)c1)C(C)N. The third-order valence-electron chi connectivity index (χ3n) is 3.23. The highest BCUT2D eigenvalue weighted by Crippen LogP contribution is 2.33. The second-order valence-corrected chi connectivity index (χ2v) is 6.02. The Labute approximate surface area is 134 Å². The zero-order chi connectivity index (χ0) is 15.4. The monoisotopic (exact) mass is 349 g/mol. The molecule has 2 atom stereocenters. The third kappa shape index (κ3) is 3.99. The summed E-state index contributed by atoms with van der Waals surface area (Å²) < 4.78 is 12.5. The lowest BCUT2D eigenvalue weighted by molar-refractivity contribution is 0.173. The largest absolute Gasteiger partial charge is 0.493 e. The highest BCUT2D eigenvalue weighted by molar-refractivity contribution is 9.10. The van der Waals surface area contributed by atoms with E-state index in [1.807, 2.05) is 56.3 Å². The van der Waals surface area contributed by atoms with Gasteiger partial charge < -0.3 is 15.2 Å². The van der Waals surface area contributed by atoms with Gasteiger partial charge >= 0.3 is 0 Å². The topological polar surface area (TPSA) is 44.5 Å². The van der Waals surface area contributed by atoms with Crippen LogP contribution in [0.1, 0.15) is 24.2 Å². The average molecular weight is 350 g/mol. The lowest BCUT2D eigenvalue weighted by Gasteiger charge is -2.24. The van der Waals surface area contributed by atoms with Gasteiger partial charge in [0.2, 0.25) is 0 Å². The van der Waals surface area contributed by atoms with Crippen LogP contribution < -0.4 is 15.2 Å². The summed E-state index contributed by atoms with van der Waals surface area (Å²) in [6.07, 6.45) is -0.237. The van der Waals surface area contributed by atoms with Crippen LogP contribution in [0.3, 0.4) is 0 Å². The molecule has 0 aromatic heterocycles. The number of benzene rings is 2. The number of rotatable bonds is 5. The van der Waals surface area contributed by atoms with Crippen molar-refractivity contribution in [1.29, 1.82) is 0 Å². The van der Waals surface area contributed by atoms with Gasteiger partial charge in [0, 0.05) is 10.5 Å². The highest BCUT2D eigenvalue weighted by Gasteiger charge is 2.20. The lowest BCUT2D eigenvalue weighted by atomic mass is 10.0. The second kappa shape index (κ2) is 6.96. The van der Waals surface area contributed by atoms with Crippen molar-refractivity contribution in [2.24, 2.45) is 5.73 Å². The Kier molecular flexibility index (Phi) is 5.26. The molecule has 0 aliphatic heterocycles. The van der Waals surface area contributed by atoms with E-state index in [1.165, 1.54) is 0 Å².